The van der Waals surface area contributed by atoms with Gasteiger partial charge in [0.15, 0.2) is 0 Å². The minimum atomic E-state index is 0.325. The van der Waals surface area contributed by atoms with Gasteiger partial charge in [0.05, 0.1) is 17.3 Å². The Morgan fingerprint density at radius 3 is 2.71 bits per heavy atom. The van der Waals surface area contributed by atoms with Crippen molar-refractivity contribution >= 4 is 27.2 Å². The van der Waals surface area contributed by atoms with E-state index in [1.165, 1.54) is 4.52 Å². The number of methoxy groups -OCH3 is 1. The van der Waals surface area contributed by atoms with E-state index in [1.54, 1.807) is 30.6 Å². The number of ether oxygens (including phenoxy) is 2. The summed E-state index contributed by atoms with van der Waals surface area (Å²) in [5, 5.41) is 13.6. The van der Waals surface area contributed by atoms with Gasteiger partial charge in [0.2, 0.25) is 5.65 Å². The summed E-state index contributed by atoms with van der Waals surface area (Å²) in [4.78, 5) is 4.45. The molecule has 0 saturated carbocycles. The van der Waals surface area contributed by atoms with Crippen molar-refractivity contribution in [2.24, 2.45) is 0 Å². The fourth-order valence-corrected chi connectivity index (χ4v) is 2.78. The van der Waals surface area contributed by atoms with Crippen LogP contribution in [0.3, 0.4) is 0 Å². The van der Waals surface area contributed by atoms with Crippen LogP contribution in [-0.4, -0.2) is 32.1 Å². The zero-order chi connectivity index (χ0) is 14.2. The van der Waals surface area contributed by atoms with Crippen LogP contribution in [0, 0.1) is 0 Å². The Balaban J connectivity index is 1.81. The smallest absolute Gasteiger partial charge is 0.327 e. The third kappa shape index (κ3) is 1.96. The lowest BCUT2D eigenvalue weighted by Crippen LogP contribution is -1.99. The van der Waals surface area contributed by atoms with Crippen LogP contribution >= 0.6 is 11.3 Å². The molecule has 0 fully saturated rings. The van der Waals surface area contributed by atoms with Crippen molar-refractivity contribution in [3.05, 3.63) is 35.7 Å². The molecule has 3 aromatic heterocycles. The zero-order valence-electron chi connectivity index (χ0n) is 10.9. The molecular formula is C13H9N5O2S. The molecule has 21 heavy (non-hydrogen) atoms. The third-order valence-corrected chi connectivity index (χ3v) is 3.88. The number of benzene rings is 1. The molecule has 0 amide bonds. The monoisotopic (exact) mass is 299 g/mol. The Bertz CT molecular complexity index is 915. The maximum atomic E-state index is 5.79. The van der Waals surface area contributed by atoms with Gasteiger partial charge in [0.25, 0.3) is 0 Å². The van der Waals surface area contributed by atoms with Gasteiger partial charge in [-0.2, -0.15) is 4.98 Å². The topological polar surface area (TPSA) is 74.4 Å². The fourth-order valence-electron chi connectivity index (χ4n) is 1.98. The Hall–Kier alpha value is -2.74. The highest BCUT2D eigenvalue weighted by molar-refractivity contribution is 7.17. The molecule has 0 radical (unpaired) electrons. The largest absolute Gasteiger partial charge is 0.497 e. The summed E-state index contributed by atoms with van der Waals surface area (Å²) < 4.78 is 13.3. The number of tetrazole rings is 1. The van der Waals surface area contributed by atoms with Gasteiger partial charge in [-0.25, -0.2) is 0 Å². The summed E-state index contributed by atoms with van der Waals surface area (Å²) >= 11 is 1.54. The quantitative estimate of drug-likeness (QED) is 0.578. The number of aromatic nitrogens is 5. The normalized spacial score (nSPS) is 11.1. The van der Waals surface area contributed by atoms with Crippen molar-refractivity contribution in [2.45, 2.75) is 0 Å². The molecule has 0 aliphatic heterocycles. The Labute approximate surface area is 122 Å². The molecule has 8 heteroatoms. The van der Waals surface area contributed by atoms with Crippen molar-refractivity contribution in [1.82, 2.24) is 25.0 Å². The molecule has 4 aromatic rings. The highest BCUT2D eigenvalue weighted by Gasteiger charge is 2.14. The molecule has 7 nitrogen and oxygen atoms in total. The fraction of sp³-hybridized carbons (Fsp3) is 0.0769. The Morgan fingerprint density at radius 2 is 1.90 bits per heavy atom. The van der Waals surface area contributed by atoms with E-state index in [9.17, 15) is 0 Å². The summed E-state index contributed by atoms with van der Waals surface area (Å²) in [7, 11) is 1.62. The molecule has 0 aliphatic rings. The number of thiophene rings is 1. The van der Waals surface area contributed by atoms with Crippen LogP contribution in [0.5, 0.6) is 17.5 Å². The summed E-state index contributed by atoms with van der Waals surface area (Å²) in [6.45, 7) is 0. The number of hydrogen-bond donors (Lipinski definition) is 0. The minimum Gasteiger partial charge on any atom is -0.497 e. The summed E-state index contributed by atoms with van der Waals surface area (Å²) in [6.07, 6.45) is 0. The highest BCUT2D eigenvalue weighted by atomic mass is 32.1. The third-order valence-electron chi connectivity index (χ3n) is 2.98. The van der Waals surface area contributed by atoms with Crippen molar-refractivity contribution in [3.63, 3.8) is 0 Å². The van der Waals surface area contributed by atoms with E-state index in [2.05, 4.69) is 20.5 Å². The van der Waals surface area contributed by atoms with Gasteiger partial charge in [-0.15, -0.1) is 21.0 Å². The van der Waals surface area contributed by atoms with Crippen molar-refractivity contribution < 1.29 is 9.47 Å². The standard InChI is InChI=1S/C13H9N5O2S/c1-19-8-2-4-9(5-3-8)20-13-14-10-6-7-21-11(10)12-15-16-17-18(12)13/h2-7H,1H3. The average molecular weight is 299 g/mol. The van der Waals surface area contributed by atoms with E-state index in [0.29, 0.717) is 17.4 Å². The van der Waals surface area contributed by atoms with Gasteiger partial charge in [-0.1, -0.05) is 0 Å². The van der Waals surface area contributed by atoms with Crippen molar-refractivity contribution in [3.8, 4) is 17.5 Å². The lowest BCUT2D eigenvalue weighted by molar-refractivity contribution is 0.408. The molecular weight excluding hydrogens is 290 g/mol. The van der Waals surface area contributed by atoms with Crippen molar-refractivity contribution in [2.75, 3.05) is 7.11 Å². The van der Waals surface area contributed by atoms with E-state index in [0.717, 1.165) is 16.0 Å². The summed E-state index contributed by atoms with van der Waals surface area (Å²) in [5.74, 6) is 1.39. The van der Waals surface area contributed by atoms with Gasteiger partial charge in [-0.3, -0.25) is 0 Å². The maximum absolute atomic E-state index is 5.79. The van der Waals surface area contributed by atoms with Crippen LogP contribution in [-0.2, 0) is 0 Å². The first kappa shape index (κ1) is 12.0. The predicted molar refractivity (Wildman–Crippen MR) is 77.0 cm³/mol. The van der Waals surface area contributed by atoms with Gasteiger partial charge in [0, 0.05) is 0 Å². The Kier molecular flexibility index (Phi) is 2.68. The predicted octanol–water partition coefficient (Wildman–Crippen LogP) is 2.53. The van der Waals surface area contributed by atoms with Crippen LogP contribution in [0.2, 0.25) is 0 Å². The Morgan fingerprint density at radius 1 is 1.10 bits per heavy atom. The van der Waals surface area contributed by atoms with Gasteiger partial charge < -0.3 is 9.47 Å². The second-order valence-corrected chi connectivity index (χ2v) is 5.14. The summed E-state index contributed by atoms with van der Waals surface area (Å²) in [5.41, 5.74) is 1.45. The van der Waals surface area contributed by atoms with Crippen LogP contribution in [0.15, 0.2) is 35.7 Å². The molecule has 0 atom stereocenters. The van der Waals surface area contributed by atoms with E-state index in [1.807, 2.05) is 23.6 Å². The lowest BCUT2D eigenvalue weighted by Gasteiger charge is -2.06. The molecule has 4 rings (SSSR count). The molecule has 3 heterocycles. The first-order chi connectivity index (χ1) is 10.3. The SMILES string of the molecule is COc1ccc(Oc2nc3ccsc3c3nnnn23)cc1. The molecule has 0 N–H and O–H groups in total. The van der Waals surface area contributed by atoms with Crippen LogP contribution in [0.4, 0.5) is 0 Å². The number of nitrogens with zero attached hydrogens (tertiary/aromatic N) is 5. The lowest BCUT2D eigenvalue weighted by atomic mass is 10.3. The van der Waals surface area contributed by atoms with E-state index >= 15 is 0 Å². The molecule has 0 spiro atoms. The molecule has 1 aromatic carbocycles. The molecule has 0 bridgehead atoms. The molecule has 0 aliphatic carbocycles. The molecule has 0 unspecified atom stereocenters. The number of fused-ring (bicyclic) bond motifs is 3. The average Bonchev–Trinajstić information content (AvgIpc) is 3.16. The van der Waals surface area contributed by atoms with E-state index < -0.39 is 0 Å². The van der Waals surface area contributed by atoms with Crippen LogP contribution in [0.1, 0.15) is 0 Å². The first-order valence-corrected chi connectivity index (χ1v) is 7.00. The van der Waals surface area contributed by atoms with Gasteiger partial charge in [-0.05, 0) is 46.1 Å². The second-order valence-electron chi connectivity index (χ2n) is 4.22. The van der Waals surface area contributed by atoms with Gasteiger partial charge >= 0.3 is 6.01 Å². The molecule has 104 valence electrons. The van der Waals surface area contributed by atoms with Crippen molar-refractivity contribution in [1.29, 1.82) is 0 Å². The zero-order valence-corrected chi connectivity index (χ0v) is 11.7. The maximum Gasteiger partial charge on any atom is 0.327 e. The van der Waals surface area contributed by atoms with Crippen LogP contribution in [0.25, 0.3) is 15.9 Å². The molecule has 0 saturated heterocycles. The first-order valence-electron chi connectivity index (χ1n) is 6.12. The summed E-state index contributed by atoms with van der Waals surface area (Å²) in [6, 6.07) is 9.47. The number of rotatable bonds is 3. The van der Waals surface area contributed by atoms with Crippen LogP contribution < -0.4 is 9.47 Å². The minimum absolute atomic E-state index is 0.325. The van der Waals surface area contributed by atoms with Gasteiger partial charge in [0.1, 0.15) is 11.5 Å². The highest BCUT2D eigenvalue weighted by Crippen LogP contribution is 2.28. The number of hydrogen-bond acceptors (Lipinski definition) is 7. The second kappa shape index (κ2) is 4.67. The van der Waals surface area contributed by atoms with E-state index in [4.69, 9.17) is 9.47 Å². The van der Waals surface area contributed by atoms with E-state index in [-0.39, 0.29) is 0 Å².